The predicted molar refractivity (Wildman–Crippen MR) is 502 cm³/mol. The molecule has 4 nitrogen and oxygen atoms in total. The van der Waals surface area contributed by atoms with Gasteiger partial charge in [0, 0.05) is 66.4 Å². The van der Waals surface area contributed by atoms with Crippen LogP contribution >= 0.6 is 0 Å². The summed E-state index contributed by atoms with van der Waals surface area (Å²) >= 11 is 0. The number of para-hydroxylation sites is 2. The van der Waals surface area contributed by atoms with Crippen molar-refractivity contribution in [2.75, 3.05) is 9.80 Å². The maximum Gasteiger partial charge on any atom is 0.0547 e. The van der Waals surface area contributed by atoms with Gasteiger partial charge >= 0.3 is 0 Å². The molecule has 550 valence electrons. The molecular weight excluding hydrogens is 1430 g/mol. The molecule has 2 aromatic heterocycles. The Morgan fingerprint density at radius 3 is 1.09 bits per heavy atom. The van der Waals surface area contributed by atoms with Crippen molar-refractivity contribution in [3.63, 3.8) is 0 Å². The van der Waals surface area contributed by atoms with Crippen molar-refractivity contribution in [1.82, 2.24) is 9.13 Å². The molecule has 4 heteroatoms. The molecule has 0 aliphatic heterocycles. The second-order valence-corrected chi connectivity index (χ2v) is 31.0. The molecule has 0 atom stereocenters. The molecule has 21 aromatic carbocycles. The molecule has 23 aromatic rings. The number of hydrogen-bond donors (Lipinski definition) is 0. The van der Waals surface area contributed by atoms with Crippen molar-refractivity contribution in [2.24, 2.45) is 0 Å². The second-order valence-electron chi connectivity index (χ2n) is 31.0. The normalized spacial score (nSPS) is 11.7. The van der Waals surface area contributed by atoms with Gasteiger partial charge in [0.1, 0.15) is 0 Å². The summed E-state index contributed by atoms with van der Waals surface area (Å²) < 4.78 is 4.90. The molecule has 0 aliphatic carbocycles. The van der Waals surface area contributed by atoms with Gasteiger partial charge in [0.2, 0.25) is 0 Å². The van der Waals surface area contributed by atoms with Gasteiger partial charge in [0.15, 0.2) is 0 Å². The highest BCUT2D eigenvalue weighted by Gasteiger charge is 2.26. The minimum atomic E-state index is 1.06. The lowest BCUT2D eigenvalue weighted by molar-refractivity contribution is 1.18. The van der Waals surface area contributed by atoms with Crippen LogP contribution < -0.4 is 9.80 Å². The number of anilines is 6. The van der Waals surface area contributed by atoms with Crippen molar-refractivity contribution >= 4 is 142 Å². The standard InChI is InChI=1S/C114H74N4/c1-4-26-75(27-5-1)87-69-88(73-94(72-87)116(106-51-23-33-79-29-11-16-44-97(79)106)93-41-21-35-84(71-93)99-48-24-52-107-112(99)111-98-45-17-12-30-80(98)61-66-109(111)117(107)89-36-6-2-7-37-89)77-56-54-76(55-57-77)82-60-65-101-86(68-82)62-67-110-114(101)113-100(49-25-53-108(113)118(110)90-38-8-3-9-39-90)83-34-20-40-92(70-83)115(105-50-22-32-78-28-10-15-43-96(78)105)91-63-58-81(59-64-91)104-74-85-31-13-14-42-95(85)102-46-18-19-47-103(102)104/h1-74H. The van der Waals surface area contributed by atoms with Crippen LogP contribution in [0.25, 0.3) is 186 Å². The predicted octanol–water partition coefficient (Wildman–Crippen LogP) is 31.7. The summed E-state index contributed by atoms with van der Waals surface area (Å²) in [6.07, 6.45) is 0. The number of hydrogen-bond acceptors (Lipinski definition) is 2. The highest BCUT2D eigenvalue weighted by atomic mass is 15.2. The first-order chi connectivity index (χ1) is 58.5. The zero-order valence-corrected chi connectivity index (χ0v) is 64.5. The van der Waals surface area contributed by atoms with Crippen LogP contribution in [0.1, 0.15) is 0 Å². The molecule has 0 aliphatic rings. The lowest BCUT2D eigenvalue weighted by Crippen LogP contribution is -2.11. The van der Waals surface area contributed by atoms with Gasteiger partial charge in [-0.05, 0) is 248 Å². The number of benzene rings is 21. The molecule has 0 saturated carbocycles. The fourth-order valence-electron chi connectivity index (χ4n) is 19.0. The maximum absolute atomic E-state index is 2.48. The van der Waals surface area contributed by atoms with E-state index < -0.39 is 0 Å². The van der Waals surface area contributed by atoms with Crippen molar-refractivity contribution in [3.8, 4) is 78.1 Å². The molecule has 0 saturated heterocycles. The fraction of sp³-hybridized carbons (Fsp3) is 0. The Bertz CT molecular complexity index is 7900. The number of aromatic nitrogens is 2. The lowest BCUT2D eigenvalue weighted by Gasteiger charge is -2.28. The highest BCUT2D eigenvalue weighted by molar-refractivity contribution is 6.27. The largest absolute Gasteiger partial charge is 0.310 e. The van der Waals surface area contributed by atoms with Gasteiger partial charge in [-0.25, -0.2) is 0 Å². The molecule has 118 heavy (non-hydrogen) atoms. The molecule has 0 N–H and O–H groups in total. The highest BCUT2D eigenvalue weighted by Crippen LogP contribution is 2.50. The van der Waals surface area contributed by atoms with Crippen LogP contribution in [0.15, 0.2) is 449 Å². The third-order valence-corrected chi connectivity index (χ3v) is 24.4. The monoisotopic (exact) mass is 1500 g/mol. The van der Waals surface area contributed by atoms with Crippen molar-refractivity contribution in [2.45, 2.75) is 0 Å². The smallest absolute Gasteiger partial charge is 0.0547 e. The van der Waals surface area contributed by atoms with E-state index in [1.54, 1.807) is 0 Å². The average Bonchev–Trinajstić information content (AvgIpc) is 1.55. The Labute approximate surface area is 683 Å². The number of rotatable bonds is 14. The quantitative estimate of drug-likeness (QED) is 0.101. The van der Waals surface area contributed by atoms with E-state index in [9.17, 15) is 0 Å². The van der Waals surface area contributed by atoms with Crippen LogP contribution in [-0.2, 0) is 0 Å². The van der Waals surface area contributed by atoms with E-state index in [-0.39, 0.29) is 0 Å². The Hall–Kier alpha value is -15.6. The van der Waals surface area contributed by atoms with Gasteiger partial charge < -0.3 is 18.9 Å². The van der Waals surface area contributed by atoms with E-state index in [1.807, 2.05) is 0 Å². The number of nitrogens with zero attached hydrogens (tertiary/aromatic N) is 4. The van der Waals surface area contributed by atoms with E-state index in [2.05, 4.69) is 468 Å². The fourth-order valence-corrected chi connectivity index (χ4v) is 19.0. The summed E-state index contributed by atoms with van der Waals surface area (Å²) in [5.41, 5.74) is 27.2. The molecular formula is C114H74N4. The van der Waals surface area contributed by atoms with Gasteiger partial charge in [0.25, 0.3) is 0 Å². The van der Waals surface area contributed by atoms with Crippen LogP contribution in [-0.4, -0.2) is 9.13 Å². The summed E-state index contributed by atoms with van der Waals surface area (Å²) in [7, 11) is 0. The van der Waals surface area contributed by atoms with Crippen molar-refractivity contribution in [3.05, 3.63) is 449 Å². The van der Waals surface area contributed by atoms with Gasteiger partial charge in [-0.2, -0.15) is 0 Å². The van der Waals surface area contributed by atoms with Crippen LogP contribution in [0.5, 0.6) is 0 Å². The second kappa shape index (κ2) is 28.2. The van der Waals surface area contributed by atoms with Crippen LogP contribution in [0.2, 0.25) is 0 Å². The summed E-state index contributed by atoms with van der Waals surface area (Å²) in [5, 5.41) is 19.5. The SMILES string of the molecule is c1ccc(-c2cc(-c3ccc(-c4ccc5c(ccc6c5c5c(-c7cccc(N(c8ccc(-c9cc%10ccccc%10c%10ccccc9%10)cc8)c8cccc9ccccc89)c7)cccc5n6-c5ccccc5)c4)cc3)cc(N(c3cccc(-c4cccc5c4c4c6ccccc6ccc4n5-c4ccccc4)c3)c3cccc4ccccc34)c2)cc1. The zero-order valence-electron chi connectivity index (χ0n) is 64.5. The van der Waals surface area contributed by atoms with Crippen molar-refractivity contribution in [1.29, 1.82) is 0 Å². The van der Waals surface area contributed by atoms with Gasteiger partial charge in [0.05, 0.1) is 33.4 Å². The first-order valence-corrected chi connectivity index (χ1v) is 40.7. The molecule has 2 heterocycles. The zero-order chi connectivity index (χ0) is 77.7. The van der Waals surface area contributed by atoms with E-state index in [1.165, 1.54) is 119 Å². The molecule has 0 amide bonds. The first kappa shape index (κ1) is 68.0. The Balaban J connectivity index is 0.638. The lowest BCUT2D eigenvalue weighted by atomic mass is 9.93. The summed E-state index contributed by atoms with van der Waals surface area (Å²) in [6, 6.07) is 166. The summed E-state index contributed by atoms with van der Waals surface area (Å²) in [6.45, 7) is 0. The molecule has 0 radical (unpaired) electrons. The van der Waals surface area contributed by atoms with E-state index in [4.69, 9.17) is 0 Å². The van der Waals surface area contributed by atoms with Crippen LogP contribution in [0.3, 0.4) is 0 Å². The van der Waals surface area contributed by atoms with Crippen LogP contribution in [0, 0.1) is 0 Å². The molecule has 0 unspecified atom stereocenters. The Morgan fingerprint density at radius 1 is 0.153 bits per heavy atom. The van der Waals surface area contributed by atoms with E-state index >= 15 is 0 Å². The third-order valence-electron chi connectivity index (χ3n) is 24.4. The summed E-state index contributed by atoms with van der Waals surface area (Å²) in [4.78, 5) is 4.93. The van der Waals surface area contributed by atoms with E-state index in [0.717, 1.165) is 101 Å². The maximum atomic E-state index is 2.48. The Kier molecular flexibility index (Phi) is 16.2. The molecule has 0 fully saturated rings. The van der Waals surface area contributed by atoms with Crippen molar-refractivity contribution < 1.29 is 0 Å². The van der Waals surface area contributed by atoms with Gasteiger partial charge in [-0.3, -0.25) is 0 Å². The van der Waals surface area contributed by atoms with Gasteiger partial charge in [-0.15, -0.1) is 0 Å². The average molecular weight is 1500 g/mol. The Morgan fingerprint density at radius 2 is 0.525 bits per heavy atom. The minimum Gasteiger partial charge on any atom is -0.310 e. The minimum absolute atomic E-state index is 1.06. The summed E-state index contributed by atoms with van der Waals surface area (Å²) in [5.74, 6) is 0. The topological polar surface area (TPSA) is 16.3 Å². The molecule has 0 spiro atoms. The third kappa shape index (κ3) is 11.4. The van der Waals surface area contributed by atoms with E-state index in [0.29, 0.717) is 0 Å². The first-order valence-electron chi connectivity index (χ1n) is 40.7. The molecule has 0 bridgehead atoms. The molecule has 23 rings (SSSR count). The van der Waals surface area contributed by atoms with Crippen LogP contribution in [0.4, 0.5) is 34.1 Å². The number of fused-ring (bicyclic) bond motifs is 15. The van der Waals surface area contributed by atoms with Gasteiger partial charge in [-0.1, -0.05) is 322 Å².